The summed E-state index contributed by atoms with van der Waals surface area (Å²) in [5.41, 5.74) is 1.71. The number of esters is 1. The predicted molar refractivity (Wildman–Crippen MR) is 108 cm³/mol. The van der Waals surface area contributed by atoms with Gasteiger partial charge in [0.05, 0.1) is 18.6 Å². The van der Waals surface area contributed by atoms with E-state index in [1.54, 1.807) is 0 Å². The Bertz CT molecular complexity index is 936. The van der Waals surface area contributed by atoms with E-state index in [-0.39, 0.29) is 5.97 Å². The zero-order chi connectivity index (χ0) is 19.4. The molecule has 0 aliphatic heterocycles. The molecule has 0 fully saturated rings. The minimum atomic E-state index is -0.309. The molecule has 0 spiro atoms. The van der Waals surface area contributed by atoms with Gasteiger partial charge in [-0.1, -0.05) is 13.8 Å². The average Bonchev–Trinajstić information content (AvgIpc) is 2.99. The van der Waals surface area contributed by atoms with Crippen LogP contribution in [0.4, 0.5) is 11.5 Å². The van der Waals surface area contributed by atoms with Crippen molar-refractivity contribution >= 4 is 39.0 Å². The maximum absolute atomic E-state index is 12.4. The highest BCUT2D eigenvalue weighted by atomic mass is 32.1. The Morgan fingerprint density at radius 3 is 2.63 bits per heavy atom. The van der Waals surface area contributed by atoms with Crippen molar-refractivity contribution in [3.63, 3.8) is 0 Å². The Balaban J connectivity index is 1.89. The molecule has 0 radical (unpaired) electrons. The van der Waals surface area contributed by atoms with E-state index in [1.165, 1.54) is 17.7 Å². The van der Waals surface area contributed by atoms with Crippen LogP contribution < -0.4 is 10.1 Å². The molecular weight excluding hydrogens is 362 g/mol. The number of nitrogens with one attached hydrogen (secondary N) is 1. The second-order valence-electron chi connectivity index (χ2n) is 6.53. The number of carbonyl (C=O) groups is 1. The molecule has 3 aromatic rings. The van der Waals surface area contributed by atoms with Crippen LogP contribution in [0, 0.1) is 12.8 Å². The van der Waals surface area contributed by atoms with Crippen LogP contribution in [-0.4, -0.2) is 29.2 Å². The first-order valence-corrected chi connectivity index (χ1v) is 9.72. The lowest BCUT2D eigenvalue weighted by molar-refractivity contribution is 0.0464. The normalized spacial score (nSPS) is 11.0. The summed E-state index contributed by atoms with van der Waals surface area (Å²) in [7, 11) is 0. The van der Waals surface area contributed by atoms with E-state index in [9.17, 15) is 4.79 Å². The van der Waals surface area contributed by atoms with E-state index in [1.807, 2.05) is 52.0 Å². The van der Waals surface area contributed by atoms with Crippen LogP contribution in [-0.2, 0) is 4.74 Å². The van der Waals surface area contributed by atoms with Crippen LogP contribution in [0.2, 0.25) is 0 Å². The van der Waals surface area contributed by atoms with Crippen molar-refractivity contribution < 1.29 is 14.3 Å². The third kappa shape index (κ3) is 4.36. The van der Waals surface area contributed by atoms with E-state index in [4.69, 9.17) is 9.47 Å². The van der Waals surface area contributed by atoms with Gasteiger partial charge < -0.3 is 14.8 Å². The molecule has 0 bridgehead atoms. The lowest BCUT2D eigenvalue weighted by atomic mass is 10.2. The lowest BCUT2D eigenvalue weighted by Crippen LogP contribution is -2.09. The number of nitrogens with zero attached hydrogens (tertiary/aromatic N) is 2. The summed E-state index contributed by atoms with van der Waals surface area (Å²) < 4.78 is 10.8. The van der Waals surface area contributed by atoms with Gasteiger partial charge in [0.25, 0.3) is 0 Å². The van der Waals surface area contributed by atoms with Crippen molar-refractivity contribution in [2.45, 2.75) is 27.7 Å². The molecule has 6 nitrogen and oxygen atoms in total. The van der Waals surface area contributed by atoms with Gasteiger partial charge in [0.15, 0.2) is 0 Å². The summed E-state index contributed by atoms with van der Waals surface area (Å²) in [6.45, 7) is 8.90. The molecule has 142 valence electrons. The van der Waals surface area contributed by atoms with E-state index < -0.39 is 0 Å². The average molecular weight is 385 g/mol. The topological polar surface area (TPSA) is 73.3 Å². The number of thiophene rings is 1. The van der Waals surface area contributed by atoms with Gasteiger partial charge in [-0.3, -0.25) is 0 Å². The van der Waals surface area contributed by atoms with Crippen molar-refractivity contribution in [3.8, 4) is 5.75 Å². The minimum absolute atomic E-state index is 0.292. The Morgan fingerprint density at radius 2 is 1.96 bits per heavy atom. The van der Waals surface area contributed by atoms with Crippen molar-refractivity contribution in [1.29, 1.82) is 0 Å². The zero-order valence-electron chi connectivity index (χ0n) is 15.9. The lowest BCUT2D eigenvalue weighted by Gasteiger charge is -2.09. The highest BCUT2D eigenvalue weighted by molar-refractivity contribution is 7.20. The summed E-state index contributed by atoms with van der Waals surface area (Å²) >= 11 is 1.33. The highest BCUT2D eigenvalue weighted by Crippen LogP contribution is 2.35. The van der Waals surface area contributed by atoms with Crippen LogP contribution in [0.3, 0.4) is 0 Å². The molecule has 0 aliphatic rings. The Kier molecular flexibility index (Phi) is 5.91. The minimum Gasteiger partial charge on any atom is -0.494 e. The van der Waals surface area contributed by atoms with Crippen LogP contribution in [0.1, 0.15) is 36.0 Å². The van der Waals surface area contributed by atoms with Gasteiger partial charge in [0.1, 0.15) is 27.6 Å². The molecule has 0 saturated heterocycles. The van der Waals surface area contributed by atoms with E-state index in [2.05, 4.69) is 15.3 Å². The first-order chi connectivity index (χ1) is 13.0. The van der Waals surface area contributed by atoms with Crippen molar-refractivity contribution in [3.05, 3.63) is 41.0 Å². The maximum Gasteiger partial charge on any atom is 0.348 e. The number of benzene rings is 1. The van der Waals surface area contributed by atoms with Crippen LogP contribution >= 0.6 is 11.3 Å². The van der Waals surface area contributed by atoms with Crippen LogP contribution in [0.15, 0.2) is 30.6 Å². The molecule has 0 unspecified atom stereocenters. The maximum atomic E-state index is 12.4. The number of carbonyl (C=O) groups excluding carboxylic acids is 1. The van der Waals surface area contributed by atoms with Crippen LogP contribution in [0.25, 0.3) is 10.2 Å². The quantitative estimate of drug-likeness (QED) is 0.580. The van der Waals surface area contributed by atoms with Gasteiger partial charge in [-0.25, -0.2) is 14.8 Å². The Labute approximate surface area is 162 Å². The summed E-state index contributed by atoms with van der Waals surface area (Å²) in [4.78, 5) is 22.4. The molecule has 0 amide bonds. The highest BCUT2D eigenvalue weighted by Gasteiger charge is 2.20. The summed E-state index contributed by atoms with van der Waals surface area (Å²) in [5.74, 6) is 1.47. The number of ether oxygens (including phenoxy) is 2. The first-order valence-electron chi connectivity index (χ1n) is 8.90. The number of rotatable bonds is 7. The zero-order valence-corrected chi connectivity index (χ0v) is 16.7. The standard InChI is InChI=1S/C20H23N3O3S/c1-5-25-15-8-6-14(7-9-15)23-18-16-13(4)17(20(24)26-10-12(2)3)27-19(16)22-11-21-18/h6-9,11-12H,5,10H2,1-4H3,(H,21,22,23). The van der Waals surface area contributed by atoms with Crippen LogP contribution in [0.5, 0.6) is 5.75 Å². The Morgan fingerprint density at radius 1 is 1.22 bits per heavy atom. The fourth-order valence-corrected chi connectivity index (χ4v) is 3.65. The number of anilines is 2. The molecule has 0 aliphatic carbocycles. The fraction of sp³-hybridized carbons (Fsp3) is 0.350. The van der Waals surface area contributed by atoms with Gasteiger partial charge in [0, 0.05) is 5.69 Å². The number of fused-ring (bicyclic) bond motifs is 1. The van der Waals surface area contributed by atoms with E-state index >= 15 is 0 Å². The molecule has 2 aromatic heterocycles. The monoisotopic (exact) mass is 385 g/mol. The van der Waals surface area contributed by atoms with Crippen molar-refractivity contribution in [1.82, 2.24) is 9.97 Å². The number of hydrogen-bond acceptors (Lipinski definition) is 7. The Hall–Kier alpha value is -2.67. The third-order valence-corrected chi connectivity index (χ3v) is 5.07. The molecular formula is C20H23N3O3S. The molecule has 0 atom stereocenters. The molecule has 7 heteroatoms. The molecule has 2 heterocycles. The summed E-state index contributed by atoms with van der Waals surface area (Å²) in [5, 5.41) is 4.15. The SMILES string of the molecule is CCOc1ccc(Nc2ncnc3sc(C(=O)OCC(C)C)c(C)c23)cc1. The number of aromatic nitrogens is 2. The molecule has 27 heavy (non-hydrogen) atoms. The van der Waals surface area contributed by atoms with Crippen molar-refractivity contribution in [2.75, 3.05) is 18.5 Å². The molecule has 0 saturated carbocycles. The van der Waals surface area contributed by atoms with Gasteiger partial charge in [-0.05, 0) is 49.6 Å². The molecule has 1 aromatic carbocycles. The van der Waals surface area contributed by atoms with Gasteiger partial charge in [-0.15, -0.1) is 11.3 Å². The van der Waals surface area contributed by atoms with E-state index in [0.29, 0.717) is 29.8 Å². The largest absolute Gasteiger partial charge is 0.494 e. The van der Waals surface area contributed by atoms with Gasteiger partial charge in [0.2, 0.25) is 0 Å². The van der Waals surface area contributed by atoms with E-state index in [0.717, 1.165) is 27.2 Å². The number of hydrogen-bond donors (Lipinski definition) is 1. The second kappa shape index (κ2) is 8.35. The smallest absolute Gasteiger partial charge is 0.348 e. The predicted octanol–water partition coefficient (Wildman–Crippen LogP) is 4.95. The van der Waals surface area contributed by atoms with Crippen molar-refractivity contribution in [2.24, 2.45) is 5.92 Å². The molecule has 1 N–H and O–H groups in total. The van der Waals surface area contributed by atoms with Gasteiger partial charge >= 0.3 is 5.97 Å². The van der Waals surface area contributed by atoms with Gasteiger partial charge in [-0.2, -0.15) is 0 Å². The molecule has 3 rings (SSSR count). The first kappa shape index (κ1) is 19.1. The summed E-state index contributed by atoms with van der Waals surface area (Å²) in [6.07, 6.45) is 1.50. The second-order valence-corrected chi connectivity index (χ2v) is 7.53. The fourth-order valence-electron chi connectivity index (χ4n) is 2.61. The number of aryl methyl sites for hydroxylation is 1. The summed E-state index contributed by atoms with van der Waals surface area (Å²) in [6, 6.07) is 7.66. The third-order valence-electron chi connectivity index (χ3n) is 3.89.